The molecular formula is C16H28O2. The lowest BCUT2D eigenvalue weighted by molar-refractivity contribution is -0.141. The second-order valence-corrected chi connectivity index (χ2v) is 4.59. The Bertz CT molecular complexity index is 231. The fourth-order valence-electron chi connectivity index (χ4n) is 1.72. The van der Waals surface area contributed by atoms with Gasteiger partial charge < -0.3 is 4.74 Å². The van der Waals surface area contributed by atoms with Crippen LogP contribution in [0.5, 0.6) is 0 Å². The molecule has 0 spiro atoms. The molecule has 2 heteroatoms. The van der Waals surface area contributed by atoms with Crippen LogP contribution in [-0.4, -0.2) is 12.6 Å². The zero-order chi connectivity index (χ0) is 13.5. The van der Waals surface area contributed by atoms with Crippen molar-refractivity contribution in [3.63, 3.8) is 0 Å². The Hall–Kier alpha value is -1.05. The first-order valence-electron chi connectivity index (χ1n) is 7.16. The summed E-state index contributed by atoms with van der Waals surface area (Å²) in [5.41, 5.74) is 0. The van der Waals surface area contributed by atoms with Crippen LogP contribution >= 0.6 is 0 Å². The van der Waals surface area contributed by atoms with Crippen LogP contribution in [0.3, 0.4) is 0 Å². The lowest BCUT2D eigenvalue weighted by Crippen LogP contribution is -1.99. The van der Waals surface area contributed by atoms with E-state index >= 15 is 0 Å². The van der Waals surface area contributed by atoms with Gasteiger partial charge in [-0.1, -0.05) is 31.1 Å². The summed E-state index contributed by atoms with van der Waals surface area (Å²) in [5, 5.41) is 0. The summed E-state index contributed by atoms with van der Waals surface area (Å²) in [6.45, 7) is 5.74. The summed E-state index contributed by atoms with van der Waals surface area (Å²) in [7, 11) is 0. The maximum atomic E-state index is 10.5. The summed E-state index contributed by atoms with van der Waals surface area (Å²) in [6.07, 6.45) is 17.2. The Kier molecular flexibility index (Phi) is 13.2. The number of esters is 1. The lowest BCUT2D eigenvalue weighted by atomic mass is 10.1. The molecular weight excluding hydrogens is 224 g/mol. The average Bonchev–Trinajstić information content (AvgIpc) is 2.34. The number of carbonyl (C=O) groups excluding carboxylic acids is 1. The highest BCUT2D eigenvalue weighted by molar-refractivity contribution is 5.65. The van der Waals surface area contributed by atoms with Crippen LogP contribution in [0.25, 0.3) is 0 Å². The van der Waals surface area contributed by atoms with Crippen molar-refractivity contribution in [3.8, 4) is 0 Å². The summed E-state index contributed by atoms with van der Waals surface area (Å²) < 4.78 is 4.86. The fraction of sp³-hybridized carbons (Fsp3) is 0.688. The molecule has 0 aromatic carbocycles. The number of carbonyl (C=O) groups is 1. The van der Waals surface area contributed by atoms with Gasteiger partial charge in [-0.05, 0) is 44.9 Å². The molecule has 104 valence electrons. The number of hydrogen-bond donors (Lipinski definition) is 0. The molecule has 0 saturated heterocycles. The molecule has 0 saturated carbocycles. The van der Waals surface area contributed by atoms with Gasteiger partial charge in [0.05, 0.1) is 6.61 Å². The molecule has 0 aliphatic carbocycles. The summed E-state index contributed by atoms with van der Waals surface area (Å²) in [4.78, 5) is 10.5. The Labute approximate surface area is 112 Å². The minimum atomic E-state index is -0.179. The van der Waals surface area contributed by atoms with E-state index in [1.807, 2.05) is 6.08 Å². The normalized spacial score (nSPS) is 10.7. The number of rotatable bonds is 12. The van der Waals surface area contributed by atoms with Gasteiger partial charge in [-0.3, -0.25) is 4.79 Å². The zero-order valence-corrected chi connectivity index (χ0v) is 11.8. The van der Waals surface area contributed by atoms with E-state index < -0.39 is 0 Å². The molecule has 0 heterocycles. The quantitative estimate of drug-likeness (QED) is 0.283. The highest BCUT2D eigenvalue weighted by Crippen LogP contribution is 2.06. The number of allylic oxidation sites excluding steroid dienone is 3. The third-order valence-corrected chi connectivity index (χ3v) is 2.77. The van der Waals surface area contributed by atoms with E-state index in [9.17, 15) is 4.79 Å². The number of unbranched alkanes of at least 4 members (excludes halogenated alkanes) is 7. The smallest absolute Gasteiger partial charge is 0.302 e. The van der Waals surface area contributed by atoms with E-state index in [0.29, 0.717) is 6.61 Å². The molecule has 0 radical (unpaired) electrons. The molecule has 0 rings (SSSR count). The third kappa shape index (κ3) is 14.9. The van der Waals surface area contributed by atoms with E-state index in [4.69, 9.17) is 4.74 Å². The molecule has 0 N–H and O–H groups in total. The van der Waals surface area contributed by atoms with Gasteiger partial charge in [0, 0.05) is 6.92 Å². The van der Waals surface area contributed by atoms with Crippen molar-refractivity contribution in [1.29, 1.82) is 0 Å². The first-order chi connectivity index (χ1) is 8.77. The van der Waals surface area contributed by atoms with Crippen LogP contribution in [0, 0.1) is 0 Å². The SMILES string of the molecule is C=CCCCCCC/C=C\CCCCOC(C)=O. The van der Waals surface area contributed by atoms with Crippen LogP contribution in [0.1, 0.15) is 64.7 Å². The molecule has 0 aliphatic heterocycles. The first-order valence-corrected chi connectivity index (χ1v) is 7.16. The Morgan fingerprint density at radius 1 is 0.944 bits per heavy atom. The molecule has 0 aromatic rings. The molecule has 0 amide bonds. The predicted octanol–water partition coefficient (Wildman–Crippen LogP) is 4.80. The Balaban J connectivity index is 3.09. The van der Waals surface area contributed by atoms with Crippen LogP contribution in [-0.2, 0) is 9.53 Å². The minimum absolute atomic E-state index is 0.179. The highest BCUT2D eigenvalue weighted by atomic mass is 16.5. The Morgan fingerprint density at radius 3 is 2.06 bits per heavy atom. The first kappa shape index (κ1) is 16.9. The van der Waals surface area contributed by atoms with Gasteiger partial charge in [0.1, 0.15) is 0 Å². The van der Waals surface area contributed by atoms with Gasteiger partial charge in [0.25, 0.3) is 0 Å². The second-order valence-electron chi connectivity index (χ2n) is 4.59. The zero-order valence-electron chi connectivity index (χ0n) is 11.8. The van der Waals surface area contributed by atoms with Crippen LogP contribution in [0.15, 0.2) is 24.8 Å². The topological polar surface area (TPSA) is 26.3 Å². The maximum Gasteiger partial charge on any atom is 0.302 e. The molecule has 0 bridgehead atoms. The average molecular weight is 252 g/mol. The predicted molar refractivity (Wildman–Crippen MR) is 77.5 cm³/mol. The van der Waals surface area contributed by atoms with E-state index in [2.05, 4.69) is 18.7 Å². The van der Waals surface area contributed by atoms with Gasteiger partial charge in [-0.2, -0.15) is 0 Å². The summed E-state index contributed by atoms with van der Waals surface area (Å²) >= 11 is 0. The molecule has 0 aliphatic rings. The van der Waals surface area contributed by atoms with Crippen molar-refractivity contribution < 1.29 is 9.53 Å². The maximum absolute atomic E-state index is 10.5. The van der Waals surface area contributed by atoms with E-state index in [1.54, 1.807) is 0 Å². The molecule has 0 unspecified atom stereocenters. The largest absolute Gasteiger partial charge is 0.466 e. The van der Waals surface area contributed by atoms with Crippen molar-refractivity contribution in [2.24, 2.45) is 0 Å². The van der Waals surface area contributed by atoms with Crippen molar-refractivity contribution in [2.75, 3.05) is 6.61 Å². The molecule has 18 heavy (non-hydrogen) atoms. The highest BCUT2D eigenvalue weighted by Gasteiger charge is 1.91. The van der Waals surface area contributed by atoms with Crippen molar-refractivity contribution in [2.45, 2.75) is 64.7 Å². The van der Waals surface area contributed by atoms with Crippen molar-refractivity contribution in [3.05, 3.63) is 24.8 Å². The molecule has 0 fully saturated rings. The molecule has 0 atom stereocenters. The van der Waals surface area contributed by atoms with Crippen LogP contribution in [0.2, 0.25) is 0 Å². The molecule has 2 nitrogen and oxygen atoms in total. The van der Waals surface area contributed by atoms with Gasteiger partial charge in [0.15, 0.2) is 0 Å². The molecule has 0 aromatic heterocycles. The van der Waals surface area contributed by atoms with Gasteiger partial charge in [-0.25, -0.2) is 0 Å². The minimum Gasteiger partial charge on any atom is -0.466 e. The van der Waals surface area contributed by atoms with E-state index in [0.717, 1.165) is 25.7 Å². The van der Waals surface area contributed by atoms with Gasteiger partial charge >= 0.3 is 5.97 Å². The lowest BCUT2D eigenvalue weighted by Gasteiger charge is -1.99. The van der Waals surface area contributed by atoms with E-state index in [1.165, 1.54) is 39.0 Å². The monoisotopic (exact) mass is 252 g/mol. The van der Waals surface area contributed by atoms with Gasteiger partial charge in [-0.15, -0.1) is 6.58 Å². The van der Waals surface area contributed by atoms with Crippen molar-refractivity contribution in [1.82, 2.24) is 0 Å². The van der Waals surface area contributed by atoms with Crippen molar-refractivity contribution >= 4 is 5.97 Å². The summed E-state index contributed by atoms with van der Waals surface area (Å²) in [6, 6.07) is 0. The van der Waals surface area contributed by atoms with Crippen LogP contribution < -0.4 is 0 Å². The number of hydrogen-bond acceptors (Lipinski definition) is 2. The third-order valence-electron chi connectivity index (χ3n) is 2.77. The van der Waals surface area contributed by atoms with Gasteiger partial charge in [0.2, 0.25) is 0 Å². The van der Waals surface area contributed by atoms with Crippen LogP contribution in [0.4, 0.5) is 0 Å². The standard InChI is InChI=1S/C16H28O2/c1-3-4-5-6-7-8-9-10-11-12-13-14-15-18-16(2)17/h3,10-11H,1,4-9,12-15H2,2H3/b11-10-. The fourth-order valence-corrected chi connectivity index (χ4v) is 1.72. The summed E-state index contributed by atoms with van der Waals surface area (Å²) in [5.74, 6) is -0.179. The van der Waals surface area contributed by atoms with E-state index in [-0.39, 0.29) is 5.97 Å². The second kappa shape index (κ2) is 14.0. The Morgan fingerprint density at radius 2 is 1.50 bits per heavy atom. The number of ether oxygens (including phenoxy) is 1.